The van der Waals surface area contributed by atoms with E-state index in [1.807, 2.05) is 33.3 Å². The maximum Gasteiger partial charge on any atom is 0.472 e. The van der Waals surface area contributed by atoms with E-state index >= 15 is 0 Å². The van der Waals surface area contributed by atoms with E-state index in [1.165, 1.54) is 70.6 Å². The molecule has 9 nitrogen and oxygen atoms in total. The number of esters is 1. The van der Waals surface area contributed by atoms with Gasteiger partial charge in [-0.3, -0.25) is 18.6 Å². The number of amides is 1. The Labute approximate surface area is 529 Å². The zero-order valence-electron chi connectivity index (χ0n) is 56.0. The molecule has 3 atom stereocenters. The Morgan fingerprint density at radius 1 is 0.419 bits per heavy atom. The smallest absolute Gasteiger partial charge is 0.456 e. The molecule has 0 heterocycles. The molecule has 86 heavy (non-hydrogen) atoms. The second-order valence-electron chi connectivity index (χ2n) is 23.9. The summed E-state index contributed by atoms with van der Waals surface area (Å²) in [5, 5.41) is 3.05. The first-order valence-corrected chi connectivity index (χ1v) is 36.2. The SMILES string of the molecule is CC/C=C\C/C=C\C/C=C\C/C=C\C/C=C\C/C=C\CCCCCCCCC(=O)OC(/C=C/CCCCCCCCCCCC)C(COP(=O)(O)OCC[N+](C)(C)C)NC(=O)CCCCCCCCC/C=C\C/C=C\C/C=C\C/C=C\C/C=C\CC. The molecule has 0 rings (SSSR count). The van der Waals surface area contributed by atoms with Crippen LogP contribution in [0.2, 0.25) is 0 Å². The molecule has 0 radical (unpaired) electrons. The minimum absolute atomic E-state index is 0.0270. The fraction of sp³-hybridized carbons (Fsp3) is 0.658. The highest BCUT2D eigenvalue weighted by atomic mass is 31.2. The monoisotopic (exact) mass is 1210 g/mol. The number of nitrogens with zero attached hydrogens (tertiary/aromatic N) is 1. The van der Waals surface area contributed by atoms with E-state index in [4.69, 9.17) is 13.8 Å². The Bertz CT molecular complexity index is 1980. The van der Waals surface area contributed by atoms with E-state index in [2.05, 4.69) is 160 Å². The summed E-state index contributed by atoms with van der Waals surface area (Å²) in [6.07, 6.45) is 92.8. The average molecular weight is 1210 g/mol. The highest BCUT2D eigenvalue weighted by molar-refractivity contribution is 7.47. The van der Waals surface area contributed by atoms with Crippen molar-refractivity contribution in [3.63, 3.8) is 0 Å². The van der Waals surface area contributed by atoms with Gasteiger partial charge in [0.15, 0.2) is 0 Å². The predicted octanol–water partition coefficient (Wildman–Crippen LogP) is 22.2. The van der Waals surface area contributed by atoms with E-state index in [-0.39, 0.29) is 31.5 Å². The average Bonchev–Trinajstić information content (AvgIpc) is 3.65. The van der Waals surface area contributed by atoms with E-state index in [1.54, 1.807) is 0 Å². The molecule has 0 aromatic carbocycles. The lowest BCUT2D eigenvalue weighted by molar-refractivity contribution is -0.870. The quantitative estimate of drug-likeness (QED) is 0.0205. The van der Waals surface area contributed by atoms with Gasteiger partial charge in [-0.25, -0.2) is 4.57 Å². The van der Waals surface area contributed by atoms with Crippen LogP contribution in [0.5, 0.6) is 0 Å². The molecule has 2 N–H and O–H groups in total. The molecule has 0 aliphatic heterocycles. The molecular formula is C76H130N2O7P+. The van der Waals surface area contributed by atoms with Crippen molar-refractivity contribution >= 4 is 19.7 Å². The van der Waals surface area contributed by atoms with Crippen LogP contribution >= 0.6 is 7.82 Å². The van der Waals surface area contributed by atoms with Gasteiger partial charge in [0.05, 0.1) is 33.8 Å². The van der Waals surface area contributed by atoms with Crippen LogP contribution < -0.4 is 5.32 Å². The van der Waals surface area contributed by atoms with Crippen molar-refractivity contribution in [1.29, 1.82) is 0 Å². The Morgan fingerprint density at radius 2 is 0.744 bits per heavy atom. The predicted molar refractivity (Wildman–Crippen MR) is 373 cm³/mol. The van der Waals surface area contributed by atoms with Crippen molar-refractivity contribution < 1.29 is 37.3 Å². The van der Waals surface area contributed by atoms with Crippen molar-refractivity contribution in [1.82, 2.24) is 5.32 Å². The van der Waals surface area contributed by atoms with Gasteiger partial charge in [-0.1, -0.05) is 276 Å². The van der Waals surface area contributed by atoms with E-state index in [9.17, 15) is 19.0 Å². The Balaban J connectivity index is 5.19. The van der Waals surface area contributed by atoms with Crippen LogP contribution in [0.1, 0.15) is 271 Å². The third-order valence-electron chi connectivity index (χ3n) is 14.5. The van der Waals surface area contributed by atoms with Gasteiger partial charge in [0.1, 0.15) is 19.3 Å². The Kier molecular flexibility index (Phi) is 60.8. The number of ether oxygens (including phenoxy) is 1. The second kappa shape index (κ2) is 63.9. The number of nitrogens with one attached hydrogen (secondary N) is 1. The molecule has 1 amide bonds. The summed E-state index contributed by atoms with van der Waals surface area (Å²) in [6.45, 7) is 6.76. The lowest BCUT2D eigenvalue weighted by Crippen LogP contribution is -2.47. The first-order chi connectivity index (χ1) is 41.9. The molecule has 490 valence electrons. The molecule has 0 saturated carbocycles. The minimum Gasteiger partial charge on any atom is -0.456 e. The number of carbonyl (C=O) groups is 2. The van der Waals surface area contributed by atoms with E-state index in [0.29, 0.717) is 23.9 Å². The molecule has 0 aromatic rings. The summed E-state index contributed by atoms with van der Waals surface area (Å²) >= 11 is 0. The second-order valence-corrected chi connectivity index (χ2v) is 25.4. The highest BCUT2D eigenvalue weighted by Crippen LogP contribution is 2.43. The van der Waals surface area contributed by atoms with Crippen LogP contribution in [0, 0.1) is 0 Å². The van der Waals surface area contributed by atoms with Crippen molar-refractivity contribution in [3.05, 3.63) is 146 Å². The molecule has 10 heteroatoms. The Hall–Kier alpha value is -4.11. The summed E-state index contributed by atoms with van der Waals surface area (Å²) in [7, 11) is 1.46. The summed E-state index contributed by atoms with van der Waals surface area (Å²) in [4.78, 5) is 37.9. The van der Waals surface area contributed by atoms with Crippen LogP contribution in [0.3, 0.4) is 0 Å². The lowest BCUT2D eigenvalue weighted by atomic mass is 10.0. The third-order valence-corrected chi connectivity index (χ3v) is 15.5. The van der Waals surface area contributed by atoms with Crippen molar-refractivity contribution in [2.24, 2.45) is 0 Å². The number of likely N-dealkylation sites (N-methyl/N-ethyl adjacent to an activating group) is 1. The van der Waals surface area contributed by atoms with Gasteiger partial charge in [0.2, 0.25) is 5.91 Å². The normalized spacial score (nSPS) is 14.5. The largest absolute Gasteiger partial charge is 0.472 e. The maximum absolute atomic E-state index is 13.6. The number of carbonyl (C=O) groups excluding carboxylic acids is 2. The fourth-order valence-corrected chi connectivity index (χ4v) is 10.00. The number of phosphoric acid groups is 1. The number of hydrogen-bond donors (Lipinski definition) is 2. The van der Waals surface area contributed by atoms with Crippen LogP contribution in [-0.4, -0.2) is 74.3 Å². The van der Waals surface area contributed by atoms with E-state index < -0.39 is 20.0 Å². The number of quaternary nitrogens is 1. The molecular weight excluding hydrogens is 1080 g/mol. The first-order valence-electron chi connectivity index (χ1n) is 34.7. The van der Waals surface area contributed by atoms with Gasteiger partial charge in [0.25, 0.3) is 0 Å². The van der Waals surface area contributed by atoms with Gasteiger partial charge in [-0.05, 0) is 128 Å². The van der Waals surface area contributed by atoms with Gasteiger partial charge in [-0.15, -0.1) is 0 Å². The highest BCUT2D eigenvalue weighted by Gasteiger charge is 2.30. The molecule has 0 aliphatic rings. The minimum atomic E-state index is -4.47. The maximum atomic E-state index is 13.6. The molecule has 0 aliphatic carbocycles. The summed E-state index contributed by atoms with van der Waals surface area (Å²) in [5.74, 6) is -0.543. The number of phosphoric ester groups is 1. The molecule has 0 fully saturated rings. The first kappa shape index (κ1) is 81.9. The van der Waals surface area contributed by atoms with Crippen molar-refractivity contribution in [2.45, 2.75) is 283 Å². The molecule has 0 aromatic heterocycles. The van der Waals surface area contributed by atoms with Crippen LogP contribution in [0.4, 0.5) is 0 Å². The number of allylic oxidation sites excluding steroid dienone is 23. The van der Waals surface area contributed by atoms with Crippen molar-refractivity contribution in [2.75, 3.05) is 40.9 Å². The third kappa shape index (κ3) is 64.4. The summed E-state index contributed by atoms with van der Waals surface area (Å²) < 4.78 is 30.8. The number of unbranched alkanes of at least 4 members (excludes halogenated alkanes) is 23. The zero-order chi connectivity index (χ0) is 62.8. The Morgan fingerprint density at radius 3 is 1.12 bits per heavy atom. The zero-order valence-corrected chi connectivity index (χ0v) is 56.9. The van der Waals surface area contributed by atoms with E-state index in [0.717, 1.165) is 161 Å². The lowest BCUT2D eigenvalue weighted by Gasteiger charge is -2.27. The van der Waals surface area contributed by atoms with Gasteiger partial charge in [0, 0.05) is 12.8 Å². The summed E-state index contributed by atoms with van der Waals surface area (Å²) in [6, 6.07) is -0.873. The molecule has 0 spiro atoms. The fourth-order valence-electron chi connectivity index (χ4n) is 9.26. The standard InChI is InChI=1S/C76H129N2O7P/c1-7-10-13-16-19-22-25-28-30-32-34-36-38-39-41-43-45-47-49-51-54-57-60-63-66-69-76(80)85-74(67-64-61-58-55-52-27-24-21-18-15-12-9-3)73(72-84-86(81,82)83-71-70-78(4,5)6)77-75(79)68-65-62-59-56-53-50-48-46-44-42-40-37-35-33-31-29-26-23-20-17-14-11-8-2/h10-11,13-14,19-20,22-23,28-31,34-37,39,41-42,44-45,47,64,67,73-74H,7-9,12,15-18,21,24-27,32-33,38,40,43,46,48-63,65-66,68-72H2,1-6H3,(H-,77,79,81,82)/p+1/b13-10-,14-11-,22-19-,23-20-,30-28-,31-29-,36-34-,37-35-,41-39-,44-42-,47-45-,67-64+. The molecule has 0 saturated heterocycles. The molecule has 0 bridgehead atoms. The van der Waals surface area contributed by atoms with Gasteiger partial charge in [-0.2, -0.15) is 0 Å². The van der Waals surface area contributed by atoms with Crippen molar-refractivity contribution in [3.8, 4) is 0 Å². The van der Waals surface area contributed by atoms with Crippen LogP contribution in [0.15, 0.2) is 146 Å². The molecule has 3 unspecified atom stereocenters. The number of rotatable bonds is 61. The van der Waals surface area contributed by atoms with Crippen LogP contribution in [-0.2, 0) is 27.9 Å². The number of hydrogen-bond acceptors (Lipinski definition) is 6. The summed E-state index contributed by atoms with van der Waals surface area (Å²) in [5.41, 5.74) is 0. The topological polar surface area (TPSA) is 111 Å². The van der Waals surface area contributed by atoms with Gasteiger partial charge < -0.3 is 19.4 Å². The van der Waals surface area contributed by atoms with Crippen LogP contribution in [0.25, 0.3) is 0 Å². The van der Waals surface area contributed by atoms with Gasteiger partial charge >= 0.3 is 13.8 Å².